The van der Waals surface area contributed by atoms with Crippen LogP contribution in [-0.4, -0.2) is 43.4 Å². The minimum absolute atomic E-state index is 0.241. The highest BCUT2D eigenvalue weighted by atomic mass is 16.1. The van der Waals surface area contributed by atoms with Gasteiger partial charge in [-0.1, -0.05) is 37.6 Å². The first kappa shape index (κ1) is 14.2. The van der Waals surface area contributed by atoms with E-state index in [-0.39, 0.29) is 5.78 Å². The van der Waals surface area contributed by atoms with Crippen molar-refractivity contribution in [3.63, 3.8) is 0 Å². The number of hydrogen-bond acceptors (Lipinski definition) is 3. The molecule has 1 fully saturated rings. The van der Waals surface area contributed by atoms with Gasteiger partial charge in [-0.15, -0.1) is 0 Å². The highest BCUT2D eigenvalue weighted by Gasteiger charge is 2.13. The Morgan fingerprint density at radius 1 is 1.21 bits per heavy atom. The third-order valence-corrected chi connectivity index (χ3v) is 3.61. The Kier molecular flexibility index (Phi) is 5.55. The third kappa shape index (κ3) is 4.44. The Labute approximate surface area is 116 Å². The van der Waals surface area contributed by atoms with E-state index < -0.39 is 0 Å². The standard InChI is InChI=1S/C16H24N2O/c1-2-4-14-5-7-15(8-6-14)16(19)13-18-11-3-9-17-10-12-18/h5-8,17H,2-4,9-13H2,1H3. The molecule has 0 bridgehead atoms. The molecule has 1 aromatic carbocycles. The van der Waals surface area contributed by atoms with Crippen LogP contribution in [0.4, 0.5) is 0 Å². The SMILES string of the molecule is CCCc1ccc(C(=O)CN2CCCNCC2)cc1. The summed E-state index contributed by atoms with van der Waals surface area (Å²) in [7, 11) is 0. The van der Waals surface area contributed by atoms with Gasteiger partial charge in [0, 0.05) is 18.7 Å². The molecule has 3 nitrogen and oxygen atoms in total. The summed E-state index contributed by atoms with van der Waals surface area (Å²) in [4.78, 5) is 14.5. The van der Waals surface area contributed by atoms with Crippen LogP contribution in [0.2, 0.25) is 0 Å². The maximum Gasteiger partial charge on any atom is 0.176 e. The second-order valence-corrected chi connectivity index (χ2v) is 5.25. The lowest BCUT2D eigenvalue weighted by molar-refractivity contribution is 0.0935. The Balaban J connectivity index is 1.91. The molecule has 0 saturated carbocycles. The number of ketones is 1. The highest BCUT2D eigenvalue weighted by molar-refractivity contribution is 5.97. The average molecular weight is 260 g/mol. The largest absolute Gasteiger partial charge is 0.315 e. The molecule has 1 aliphatic rings. The highest BCUT2D eigenvalue weighted by Crippen LogP contribution is 2.08. The van der Waals surface area contributed by atoms with Crippen molar-refractivity contribution in [3.8, 4) is 0 Å². The van der Waals surface area contributed by atoms with Crippen molar-refractivity contribution in [2.24, 2.45) is 0 Å². The van der Waals surface area contributed by atoms with E-state index >= 15 is 0 Å². The van der Waals surface area contributed by atoms with Crippen LogP contribution < -0.4 is 5.32 Å². The molecule has 0 atom stereocenters. The molecule has 1 N–H and O–H groups in total. The first-order valence-corrected chi connectivity index (χ1v) is 7.35. The fourth-order valence-corrected chi connectivity index (χ4v) is 2.50. The molecule has 104 valence electrons. The zero-order valence-electron chi connectivity index (χ0n) is 11.8. The number of nitrogens with zero attached hydrogens (tertiary/aromatic N) is 1. The summed E-state index contributed by atoms with van der Waals surface area (Å²) >= 11 is 0. The molecule has 2 rings (SSSR count). The van der Waals surface area contributed by atoms with Crippen LogP contribution in [0.1, 0.15) is 35.7 Å². The Morgan fingerprint density at radius 3 is 2.74 bits per heavy atom. The molecule has 0 amide bonds. The molecule has 19 heavy (non-hydrogen) atoms. The van der Waals surface area contributed by atoms with Crippen molar-refractivity contribution >= 4 is 5.78 Å². The van der Waals surface area contributed by atoms with E-state index in [0.29, 0.717) is 6.54 Å². The van der Waals surface area contributed by atoms with Crippen molar-refractivity contribution < 1.29 is 4.79 Å². The fourth-order valence-electron chi connectivity index (χ4n) is 2.50. The van der Waals surface area contributed by atoms with Crippen LogP contribution in [0.25, 0.3) is 0 Å². The van der Waals surface area contributed by atoms with E-state index in [1.54, 1.807) is 0 Å². The minimum atomic E-state index is 0.241. The number of aryl methyl sites for hydroxylation is 1. The average Bonchev–Trinajstić information content (AvgIpc) is 2.68. The monoisotopic (exact) mass is 260 g/mol. The number of nitrogens with one attached hydrogen (secondary N) is 1. The predicted octanol–water partition coefficient (Wildman–Crippen LogP) is 2.12. The van der Waals surface area contributed by atoms with Crippen LogP contribution in [0, 0.1) is 0 Å². The molecular formula is C16H24N2O. The second-order valence-electron chi connectivity index (χ2n) is 5.25. The molecule has 0 aliphatic carbocycles. The van der Waals surface area contributed by atoms with Gasteiger partial charge in [-0.3, -0.25) is 9.69 Å². The van der Waals surface area contributed by atoms with Gasteiger partial charge in [0.25, 0.3) is 0 Å². The molecule has 3 heteroatoms. The Bertz CT molecular complexity index is 392. The zero-order chi connectivity index (χ0) is 13.5. The van der Waals surface area contributed by atoms with Gasteiger partial charge < -0.3 is 5.32 Å². The molecule has 1 saturated heterocycles. The second kappa shape index (κ2) is 7.41. The maximum atomic E-state index is 12.2. The lowest BCUT2D eigenvalue weighted by Crippen LogP contribution is -2.33. The molecule has 0 aromatic heterocycles. The van der Waals surface area contributed by atoms with E-state index in [1.807, 2.05) is 12.1 Å². The van der Waals surface area contributed by atoms with Gasteiger partial charge in [-0.05, 0) is 31.5 Å². The normalized spacial score (nSPS) is 17.1. The molecule has 1 heterocycles. The zero-order valence-corrected chi connectivity index (χ0v) is 11.8. The van der Waals surface area contributed by atoms with Crippen molar-refractivity contribution in [3.05, 3.63) is 35.4 Å². The van der Waals surface area contributed by atoms with E-state index in [1.165, 1.54) is 5.56 Å². The van der Waals surface area contributed by atoms with Gasteiger partial charge >= 0.3 is 0 Å². The van der Waals surface area contributed by atoms with Gasteiger partial charge in [0.05, 0.1) is 6.54 Å². The van der Waals surface area contributed by atoms with Gasteiger partial charge in [0.15, 0.2) is 5.78 Å². The van der Waals surface area contributed by atoms with Crippen LogP contribution in [0.5, 0.6) is 0 Å². The molecule has 0 radical (unpaired) electrons. The van der Waals surface area contributed by atoms with Crippen LogP contribution in [-0.2, 0) is 6.42 Å². The summed E-state index contributed by atoms with van der Waals surface area (Å²) in [6, 6.07) is 8.12. The third-order valence-electron chi connectivity index (χ3n) is 3.61. The first-order valence-electron chi connectivity index (χ1n) is 7.35. The van der Waals surface area contributed by atoms with E-state index in [2.05, 4.69) is 29.3 Å². The number of hydrogen-bond donors (Lipinski definition) is 1. The fraction of sp³-hybridized carbons (Fsp3) is 0.562. The van der Waals surface area contributed by atoms with Crippen molar-refractivity contribution in [2.75, 3.05) is 32.7 Å². The number of rotatable bonds is 5. The number of Topliss-reactive ketones (excluding diaryl/α,β-unsaturated/α-hetero) is 1. The van der Waals surface area contributed by atoms with Crippen LogP contribution >= 0.6 is 0 Å². The number of carbonyl (C=O) groups is 1. The molecular weight excluding hydrogens is 236 g/mol. The Hall–Kier alpha value is -1.19. The quantitative estimate of drug-likeness (QED) is 0.823. The summed E-state index contributed by atoms with van der Waals surface area (Å²) in [5.41, 5.74) is 2.16. The van der Waals surface area contributed by atoms with Crippen LogP contribution in [0.15, 0.2) is 24.3 Å². The smallest absolute Gasteiger partial charge is 0.176 e. The van der Waals surface area contributed by atoms with Crippen molar-refractivity contribution in [2.45, 2.75) is 26.2 Å². The lowest BCUT2D eigenvalue weighted by Gasteiger charge is -2.18. The summed E-state index contributed by atoms with van der Waals surface area (Å²) in [5.74, 6) is 0.241. The summed E-state index contributed by atoms with van der Waals surface area (Å²) in [6.07, 6.45) is 3.36. The summed E-state index contributed by atoms with van der Waals surface area (Å²) in [5, 5.41) is 3.36. The molecule has 1 aromatic rings. The maximum absolute atomic E-state index is 12.2. The van der Waals surface area contributed by atoms with E-state index in [9.17, 15) is 4.79 Å². The summed E-state index contributed by atoms with van der Waals surface area (Å²) in [6.45, 7) is 6.77. The van der Waals surface area contributed by atoms with E-state index in [0.717, 1.165) is 51.0 Å². The van der Waals surface area contributed by atoms with Gasteiger partial charge in [-0.25, -0.2) is 0 Å². The predicted molar refractivity (Wildman–Crippen MR) is 78.7 cm³/mol. The molecule has 0 unspecified atom stereocenters. The molecule has 1 aliphatic heterocycles. The van der Waals surface area contributed by atoms with Gasteiger partial charge in [0.2, 0.25) is 0 Å². The van der Waals surface area contributed by atoms with E-state index in [4.69, 9.17) is 0 Å². The summed E-state index contributed by atoms with van der Waals surface area (Å²) < 4.78 is 0. The number of carbonyl (C=O) groups excluding carboxylic acids is 1. The lowest BCUT2D eigenvalue weighted by atomic mass is 10.1. The number of benzene rings is 1. The topological polar surface area (TPSA) is 32.3 Å². The first-order chi connectivity index (χ1) is 9.29. The van der Waals surface area contributed by atoms with Gasteiger partial charge in [0.1, 0.15) is 0 Å². The minimum Gasteiger partial charge on any atom is -0.315 e. The molecule has 0 spiro atoms. The van der Waals surface area contributed by atoms with Crippen molar-refractivity contribution in [1.82, 2.24) is 10.2 Å². The van der Waals surface area contributed by atoms with Crippen molar-refractivity contribution in [1.29, 1.82) is 0 Å². The van der Waals surface area contributed by atoms with Gasteiger partial charge in [-0.2, -0.15) is 0 Å². The Morgan fingerprint density at radius 2 is 2.00 bits per heavy atom. The van der Waals surface area contributed by atoms with Crippen LogP contribution in [0.3, 0.4) is 0 Å².